The van der Waals surface area contributed by atoms with Crippen molar-refractivity contribution in [2.75, 3.05) is 0 Å². The number of Topliss-reactive ketones (excluding diaryl/α,β-unsaturated/α-hetero) is 1. The van der Waals surface area contributed by atoms with Crippen molar-refractivity contribution >= 4 is 5.78 Å². The minimum Gasteiger partial charge on any atom is -0.299 e. The largest absolute Gasteiger partial charge is 0.299 e. The third kappa shape index (κ3) is 1.12. The Morgan fingerprint density at radius 2 is 1.43 bits per heavy atom. The smallest absolute Gasteiger partial charge is 0.139 e. The fraction of sp³-hybridized carbons (Fsp3) is 0.462. The van der Waals surface area contributed by atoms with Gasteiger partial charge in [0.15, 0.2) is 0 Å². The average Bonchev–Trinajstić information content (AvgIpc) is 2.44. The number of carbonyl (C=O) groups excluding carboxylic acids is 1. The van der Waals surface area contributed by atoms with Crippen LogP contribution in [0.5, 0.6) is 0 Å². The topological polar surface area (TPSA) is 17.1 Å². The van der Waals surface area contributed by atoms with Gasteiger partial charge in [-0.25, -0.2) is 0 Å². The van der Waals surface area contributed by atoms with Crippen LogP contribution in [0, 0.1) is 11.8 Å². The predicted molar refractivity (Wildman–Crippen MR) is 55.1 cm³/mol. The lowest BCUT2D eigenvalue weighted by atomic mass is 9.94. The molecule has 1 fully saturated rings. The van der Waals surface area contributed by atoms with Crippen LogP contribution in [0.15, 0.2) is 24.3 Å². The molecule has 72 valence electrons. The molecule has 1 saturated carbocycles. The van der Waals surface area contributed by atoms with Crippen LogP contribution in [-0.4, -0.2) is 5.78 Å². The lowest BCUT2D eigenvalue weighted by molar-refractivity contribution is -0.123. The van der Waals surface area contributed by atoms with Crippen LogP contribution in [-0.2, 0) is 17.6 Å². The molecule has 0 heterocycles. The summed E-state index contributed by atoms with van der Waals surface area (Å²) in [6.07, 6.45) is 4.23. The van der Waals surface area contributed by atoms with E-state index in [1.165, 1.54) is 11.1 Å². The molecule has 0 N–H and O–H groups in total. The van der Waals surface area contributed by atoms with Crippen LogP contribution < -0.4 is 0 Å². The second-order valence-corrected chi connectivity index (χ2v) is 4.55. The molecular formula is C13H14O. The number of hydrogen-bond donors (Lipinski definition) is 0. The van der Waals surface area contributed by atoms with E-state index in [0.29, 0.717) is 17.6 Å². The Morgan fingerprint density at radius 3 is 1.93 bits per heavy atom. The molecule has 2 aliphatic carbocycles. The van der Waals surface area contributed by atoms with Gasteiger partial charge in [0.1, 0.15) is 5.78 Å². The van der Waals surface area contributed by atoms with Crippen molar-refractivity contribution in [2.24, 2.45) is 11.8 Å². The van der Waals surface area contributed by atoms with Crippen LogP contribution in [0.25, 0.3) is 0 Å². The molecule has 0 amide bonds. The molecule has 1 nitrogen and oxygen atoms in total. The van der Waals surface area contributed by atoms with Crippen LogP contribution in [0.2, 0.25) is 0 Å². The van der Waals surface area contributed by atoms with E-state index >= 15 is 0 Å². The van der Waals surface area contributed by atoms with Crippen molar-refractivity contribution in [3.63, 3.8) is 0 Å². The van der Waals surface area contributed by atoms with Crippen LogP contribution in [0.4, 0.5) is 0 Å². The Morgan fingerprint density at radius 1 is 0.929 bits per heavy atom. The lowest BCUT2D eigenvalue weighted by Crippen LogP contribution is -2.13. The van der Waals surface area contributed by atoms with E-state index < -0.39 is 0 Å². The molecule has 2 atom stereocenters. The number of ketones is 1. The Kier molecular flexibility index (Phi) is 1.73. The second kappa shape index (κ2) is 2.94. The summed E-state index contributed by atoms with van der Waals surface area (Å²) in [6.45, 7) is 0. The molecule has 2 bridgehead atoms. The highest BCUT2D eigenvalue weighted by Crippen LogP contribution is 2.36. The van der Waals surface area contributed by atoms with Gasteiger partial charge in [-0.05, 0) is 36.8 Å². The number of rotatable bonds is 0. The van der Waals surface area contributed by atoms with Crippen molar-refractivity contribution in [1.29, 1.82) is 0 Å². The number of carbonyl (C=O) groups is 1. The maximum atomic E-state index is 11.9. The maximum Gasteiger partial charge on any atom is 0.139 e. The lowest BCUT2D eigenvalue weighted by Gasteiger charge is -2.10. The third-order valence-corrected chi connectivity index (χ3v) is 3.72. The fourth-order valence-corrected chi connectivity index (χ4v) is 2.91. The number of hydrogen-bond acceptors (Lipinski definition) is 1. The highest BCUT2D eigenvalue weighted by atomic mass is 16.1. The van der Waals surface area contributed by atoms with Gasteiger partial charge in [-0.3, -0.25) is 4.79 Å². The zero-order valence-corrected chi connectivity index (χ0v) is 8.20. The standard InChI is InChI=1S/C13H14O/c14-13-11-5-6-12(13)8-10-4-2-1-3-9(10)7-11/h1-4,11-12H,5-8H2/t11-,12+. The molecule has 0 saturated heterocycles. The van der Waals surface area contributed by atoms with Gasteiger partial charge in [0, 0.05) is 11.8 Å². The highest BCUT2D eigenvalue weighted by molar-refractivity contribution is 5.86. The van der Waals surface area contributed by atoms with E-state index in [9.17, 15) is 4.79 Å². The van der Waals surface area contributed by atoms with Gasteiger partial charge in [-0.2, -0.15) is 0 Å². The summed E-state index contributed by atoms with van der Waals surface area (Å²) in [5.41, 5.74) is 2.82. The van der Waals surface area contributed by atoms with E-state index in [2.05, 4.69) is 24.3 Å². The molecular weight excluding hydrogens is 172 g/mol. The second-order valence-electron chi connectivity index (χ2n) is 4.55. The minimum absolute atomic E-state index is 0.337. The molecule has 0 spiro atoms. The summed E-state index contributed by atoms with van der Waals surface area (Å²) in [7, 11) is 0. The van der Waals surface area contributed by atoms with E-state index in [1.807, 2.05) is 0 Å². The summed E-state index contributed by atoms with van der Waals surface area (Å²) in [6, 6.07) is 8.54. The SMILES string of the molecule is O=C1[C@@H]2CC[C@H]1Cc1ccccc1C2. The number of fused-ring (bicyclic) bond motifs is 3. The molecule has 1 aromatic carbocycles. The van der Waals surface area contributed by atoms with Crippen molar-refractivity contribution in [1.82, 2.24) is 0 Å². The fourth-order valence-electron chi connectivity index (χ4n) is 2.91. The van der Waals surface area contributed by atoms with E-state index in [-0.39, 0.29) is 0 Å². The Hall–Kier alpha value is -1.11. The van der Waals surface area contributed by atoms with E-state index in [4.69, 9.17) is 0 Å². The molecule has 14 heavy (non-hydrogen) atoms. The van der Waals surface area contributed by atoms with E-state index in [1.54, 1.807) is 0 Å². The molecule has 0 unspecified atom stereocenters. The Labute approximate surface area is 84.1 Å². The first kappa shape index (κ1) is 8.22. The van der Waals surface area contributed by atoms with Gasteiger partial charge < -0.3 is 0 Å². The zero-order chi connectivity index (χ0) is 9.54. The first-order valence-corrected chi connectivity index (χ1v) is 5.45. The van der Waals surface area contributed by atoms with Gasteiger partial charge in [-0.1, -0.05) is 24.3 Å². The van der Waals surface area contributed by atoms with Crippen molar-refractivity contribution < 1.29 is 4.79 Å². The van der Waals surface area contributed by atoms with Gasteiger partial charge >= 0.3 is 0 Å². The summed E-state index contributed by atoms with van der Waals surface area (Å²) in [5, 5.41) is 0. The Balaban J connectivity index is 2.06. The average molecular weight is 186 g/mol. The predicted octanol–water partition coefficient (Wildman–Crippen LogP) is 2.38. The van der Waals surface area contributed by atoms with Gasteiger partial charge in [0.05, 0.1) is 0 Å². The van der Waals surface area contributed by atoms with Crippen molar-refractivity contribution in [2.45, 2.75) is 25.7 Å². The molecule has 0 radical (unpaired) electrons. The van der Waals surface area contributed by atoms with Crippen LogP contribution >= 0.6 is 0 Å². The normalized spacial score (nSPS) is 29.9. The molecule has 2 aliphatic rings. The Bertz CT molecular complexity index is 346. The monoisotopic (exact) mass is 186 g/mol. The van der Waals surface area contributed by atoms with E-state index in [0.717, 1.165) is 25.7 Å². The summed E-state index contributed by atoms with van der Waals surface area (Å²) >= 11 is 0. The molecule has 1 aromatic rings. The van der Waals surface area contributed by atoms with Gasteiger partial charge in [-0.15, -0.1) is 0 Å². The molecule has 1 heteroatoms. The van der Waals surface area contributed by atoms with Crippen LogP contribution in [0.3, 0.4) is 0 Å². The first-order valence-electron chi connectivity index (χ1n) is 5.45. The van der Waals surface area contributed by atoms with Crippen molar-refractivity contribution in [3.8, 4) is 0 Å². The number of benzene rings is 1. The summed E-state index contributed by atoms with van der Waals surface area (Å²) < 4.78 is 0. The third-order valence-electron chi connectivity index (χ3n) is 3.72. The van der Waals surface area contributed by atoms with Crippen LogP contribution in [0.1, 0.15) is 24.0 Å². The van der Waals surface area contributed by atoms with Gasteiger partial charge in [0.2, 0.25) is 0 Å². The van der Waals surface area contributed by atoms with Crippen molar-refractivity contribution in [3.05, 3.63) is 35.4 Å². The quantitative estimate of drug-likeness (QED) is 0.608. The summed E-state index contributed by atoms with van der Waals surface area (Å²) in [4.78, 5) is 11.9. The first-order chi connectivity index (χ1) is 6.84. The summed E-state index contributed by atoms with van der Waals surface area (Å²) in [5.74, 6) is 1.20. The highest BCUT2D eigenvalue weighted by Gasteiger charge is 2.36. The van der Waals surface area contributed by atoms with Gasteiger partial charge in [0.25, 0.3) is 0 Å². The zero-order valence-electron chi connectivity index (χ0n) is 8.20. The molecule has 0 aromatic heterocycles. The molecule has 0 aliphatic heterocycles. The molecule has 3 rings (SSSR count). The minimum atomic E-state index is 0.337. The maximum absolute atomic E-state index is 11.9.